The molecule has 0 bridgehead atoms. The van der Waals surface area contributed by atoms with Gasteiger partial charge in [0.1, 0.15) is 0 Å². The van der Waals surface area contributed by atoms with Crippen molar-refractivity contribution >= 4 is 28.5 Å². The third-order valence-electron chi connectivity index (χ3n) is 5.60. The second kappa shape index (κ2) is 8.05. The third-order valence-corrected chi connectivity index (χ3v) is 5.60. The number of amides is 2. The van der Waals surface area contributed by atoms with Crippen molar-refractivity contribution in [3.63, 3.8) is 0 Å². The lowest BCUT2D eigenvalue weighted by Gasteiger charge is -2.27. The van der Waals surface area contributed by atoms with Crippen LogP contribution in [0.25, 0.3) is 22.0 Å². The van der Waals surface area contributed by atoms with Crippen molar-refractivity contribution in [2.45, 2.75) is 12.8 Å². The predicted molar refractivity (Wildman–Crippen MR) is 114 cm³/mol. The Bertz CT molecular complexity index is 1030. The largest absolute Gasteiger partial charge is 0.355 e. The molecule has 1 fully saturated rings. The number of benzene rings is 2. The zero-order chi connectivity index (χ0) is 20.4. The smallest absolute Gasteiger partial charge is 0.251 e. The first kappa shape index (κ1) is 19.1. The molecule has 4 rings (SSSR count). The van der Waals surface area contributed by atoms with E-state index in [-0.39, 0.29) is 17.7 Å². The van der Waals surface area contributed by atoms with Crippen molar-refractivity contribution in [2.75, 3.05) is 32.5 Å². The van der Waals surface area contributed by atoms with E-state index in [1.807, 2.05) is 30.3 Å². The monoisotopic (exact) mass is 391 g/mol. The third kappa shape index (κ3) is 4.00. The van der Waals surface area contributed by atoms with Gasteiger partial charge in [-0.25, -0.2) is 0 Å². The van der Waals surface area contributed by atoms with Crippen LogP contribution < -0.4 is 10.6 Å². The van der Waals surface area contributed by atoms with E-state index in [9.17, 15) is 9.59 Å². The van der Waals surface area contributed by atoms with E-state index >= 15 is 0 Å². The first-order valence-electron chi connectivity index (χ1n) is 9.85. The standard InChI is InChI=1S/C22H25N5O2/c1-23-21(28)15-5-3-14(4-6-15)17-7-8-19-18(13-17)20(26-25-19)24-22(29)16-9-11-27(2)12-10-16/h3-8,13,16H,9-12H2,1-2H3,(H,23,28)(H2,24,25,26,29). The maximum Gasteiger partial charge on any atom is 0.251 e. The Balaban J connectivity index is 1.56. The number of hydrogen-bond acceptors (Lipinski definition) is 4. The first-order valence-corrected chi connectivity index (χ1v) is 9.85. The highest BCUT2D eigenvalue weighted by atomic mass is 16.2. The van der Waals surface area contributed by atoms with Crippen LogP contribution in [0.5, 0.6) is 0 Å². The second-order valence-electron chi connectivity index (χ2n) is 7.56. The Kier molecular flexibility index (Phi) is 5.31. The molecule has 0 atom stereocenters. The number of aromatic amines is 1. The van der Waals surface area contributed by atoms with Gasteiger partial charge in [-0.1, -0.05) is 18.2 Å². The number of nitrogens with one attached hydrogen (secondary N) is 3. The van der Waals surface area contributed by atoms with E-state index in [2.05, 4.69) is 32.8 Å². The van der Waals surface area contributed by atoms with E-state index in [4.69, 9.17) is 0 Å². The summed E-state index contributed by atoms with van der Waals surface area (Å²) in [6.07, 6.45) is 1.74. The van der Waals surface area contributed by atoms with Crippen LogP contribution in [0.2, 0.25) is 0 Å². The summed E-state index contributed by atoms with van der Waals surface area (Å²) < 4.78 is 0. The number of hydrogen-bond donors (Lipinski definition) is 3. The molecule has 0 saturated carbocycles. The summed E-state index contributed by atoms with van der Waals surface area (Å²) in [4.78, 5) is 26.7. The molecule has 0 unspecified atom stereocenters. The molecule has 3 N–H and O–H groups in total. The minimum absolute atomic E-state index is 0.0263. The van der Waals surface area contributed by atoms with Crippen molar-refractivity contribution < 1.29 is 9.59 Å². The molecule has 1 saturated heterocycles. The Morgan fingerprint density at radius 1 is 1.07 bits per heavy atom. The fourth-order valence-electron chi connectivity index (χ4n) is 3.74. The van der Waals surface area contributed by atoms with Crippen LogP contribution in [0.3, 0.4) is 0 Å². The molecule has 3 aromatic rings. The van der Waals surface area contributed by atoms with Gasteiger partial charge >= 0.3 is 0 Å². The number of carbonyl (C=O) groups is 2. The van der Waals surface area contributed by atoms with Crippen LogP contribution in [0.4, 0.5) is 5.82 Å². The van der Waals surface area contributed by atoms with Crippen LogP contribution in [0.1, 0.15) is 23.2 Å². The average molecular weight is 391 g/mol. The molecule has 1 aromatic heterocycles. The lowest BCUT2D eigenvalue weighted by molar-refractivity contribution is -0.121. The van der Waals surface area contributed by atoms with E-state index in [0.29, 0.717) is 11.4 Å². The van der Waals surface area contributed by atoms with E-state index in [0.717, 1.165) is 48.0 Å². The summed E-state index contributed by atoms with van der Waals surface area (Å²) in [5.41, 5.74) is 3.48. The minimum atomic E-state index is -0.110. The number of carbonyl (C=O) groups excluding carboxylic acids is 2. The summed E-state index contributed by atoms with van der Waals surface area (Å²) in [5, 5.41) is 13.8. The fraction of sp³-hybridized carbons (Fsp3) is 0.318. The van der Waals surface area contributed by atoms with Crippen molar-refractivity contribution in [2.24, 2.45) is 5.92 Å². The lowest BCUT2D eigenvalue weighted by Crippen LogP contribution is -2.36. The molecule has 0 radical (unpaired) electrons. The SMILES string of the molecule is CNC(=O)c1ccc(-c2ccc3[nH]nc(NC(=O)C4CCN(C)CC4)c3c2)cc1. The van der Waals surface area contributed by atoms with Crippen LogP contribution in [-0.2, 0) is 4.79 Å². The van der Waals surface area contributed by atoms with Gasteiger partial charge in [0.05, 0.1) is 5.52 Å². The molecule has 0 aliphatic carbocycles. The number of aromatic nitrogens is 2. The van der Waals surface area contributed by atoms with Gasteiger partial charge in [0, 0.05) is 23.9 Å². The van der Waals surface area contributed by atoms with Crippen LogP contribution in [0, 0.1) is 5.92 Å². The number of H-pyrrole nitrogens is 1. The van der Waals surface area contributed by atoms with Crippen LogP contribution in [-0.4, -0.2) is 54.1 Å². The Hall–Kier alpha value is -3.19. The van der Waals surface area contributed by atoms with Crippen molar-refractivity contribution in [1.82, 2.24) is 20.4 Å². The molecular formula is C22H25N5O2. The van der Waals surface area contributed by atoms with Crippen LogP contribution in [0.15, 0.2) is 42.5 Å². The van der Waals surface area contributed by atoms with E-state index in [1.165, 1.54) is 0 Å². The normalized spacial score (nSPS) is 15.4. The molecule has 0 spiro atoms. The van der Waals surface area contributed by atoms with Gasteiger partial charge in [0.25, 0.3) is 5.91 Å². The number of piperidine rings is 1. The molecule has 2 aromatic carbocycles. The zero-order valence-electron chi connectivity index (χ0n) is 16.7. The van der Waals surface area contributed by atoms with Gasteiger partial charge in [-0.3, -0.25) is 14.7 Å². The number of anilines is 1. The molecule has 7 heteroatoms. The van der Waals surface area contributed by atoms with Gasteiger partial charge in [-0.05, 0) is 68.4 Å². The second-order valence-corrected chi connectivity index (χ2v) is 7.56. The van der Waals surface area contributed by atoms with Crippen LogP contribution >= 0.6 is 0 Å². The fourth-order valence-corrected chi connectivity index (χ4v) is 3.74. The predicted octanol–water partition coefficient (Wildman–Crippen LogP) is 2.87. The number of likely N-dealkylation sites (tertiary alicyclic amines) is 1. The molecule has 2 amide bonds. The highest BCUT2D eigenvalue weighted by Gasteiger charge is 2.24. The molecule has 1 aliphatic heterocycles. The summed E-state index contributed by atoms with van der Waals surface area (Å²) in [6.45, 7) is 1.88. The Labute approximate surface area is 169 Å². The average Bonchev–Trinajstić information content (AvgIpc) is 3.15. The summed E-state index contributed by atoms with van der Waals surface area (Å²) in [6, 6.07) is 13.4. The number of fused-ring (bicyclic) bond motifs is 1. The quantitative estimate of drug-likeness (QED) is 0.638. The molecule has 150 valence electrons. The highest BCUT2D eigenvalue weighted by molar-refractivity contribution is 6.02. The van der Waals surface area contributed by atoms with E-state index < -0.39 is 0 Å². The van der Waals surface area contributed by atoms with Gasteiger partial charge < -0.3 is 15.5 Å². The maximum absolute atomic E-state index is 12.7. The number of nitrogens with zero attached hydrogens (tertiary/aromatic N) is 2. The van der Waals surface area contributed by atoms with Crippen molar-refractivity contribution in [3.8, 4) is 11.1 Å². The summed E-state index contributed by atoms with van der Waals surface area (Å²) in [7, 11) is 3.70. The van der Waals surface area contributed by atoms with Gasteiger partial charge in [0.2, 0.25) is 5.91 Å². The highest BCUT2D eigenvalue weighted by Crippen LogP contribution is 2.28. The summed E-state index contributed by atoms with van der Waals surface area (Å²) in [5.74, 6) is 0.513. The topological polar surface area (TPSA) is 90.1 Å². The Morgan fingerprint density at radius 2 is 1.76 bits per heavy atom. The Morgan fingerprint density at radius 3 is 2.45 bits per heavy atom. The zero-order valence-corrected chi connectivity index (χ0v) is 16.7. The number of rotatable bonds is 4. The molecule has 7 nitrogen and oxygen atoms in total. The molecular weight excluding hydrogens is 366 g/mol. The minimum Gasteiger partial charge on any atom is -0.355 e. The molecule has 29 heavy (non-hydrogen) atoms. The van der Waals surface area contributed by atoms with Gasteiger partial charge in [-0.2, -0.15) is 5.10 Å². The van der Waals surface area contributed by atoms with Gasteiger partial charge in [0.15, 0.2) is 5.82 Å². The molecule has 2 heterocycles. The first-order chi connectivity index (χ1) is 14.0. The van der Waals surface area contributed by atoms with Crippen molar-refractivity contribution in [1.29, 1.82) is 0 Å². The molecule has 1 aliphatic rings. The maximum atomic E-state index is 12.7. The van der Waals surface area contributed by atoms with E-state index in [1.54, 1.807) is 19.2 Å². The van der Waals surface area contributed by atoms with Gasteiger partial charge in [-0.15, -0.1) is 0 Å². The lowest BCUT2D eigenvalue weighted by atomic mass is 9.96. The summed E-state index contributed by atoms with van der Waals surface area (Å²) >= 11 is 0. The van der Waals surface area contributed by atoms with Crippen molar-refractivity contribution in [3.05, 3.63) is 48.0 Å².